The number of rotatable bonds is 7. The summed E-state index contributed by atoms with van der Waals surface area (Å²) in [5.74, 6) is 2.33. The molecule has 2 aromatic carbocycles. The van der Waals surface area contributed by atoms with Crippen molar-refractivity contribution >= 4 is 29.7 Å². The van der Waals surface area contributed by atoms with Crippen molar-refractivity contribution in [3.8, 4) is 5.75 Å². The molecule has 0 unspecified atom stereocenters. The fourth-order valence-corrected chi connectivity index (χ4v) is 3.03. The third-order valence-electron chi connectivity index (χ3n) is 4.54. The smallest absolute Gasteiger partial charge is 0.250 e. The van der Waals surface area contributed by atoms with Gasteiger partial charge in [-0.1, -0.05) is 18.2 Å². The Hall–Kier alpha value is -3.68. The monoisotopic (exact) mass is 389 g/mol. The number of para-hydroxylation sites is 1. The summed E-state index contributed by atoms with van der Waals surface area (Å²) in [5, 5.41) is 7.50. The van der Waals surface area contributed by atoms with E-state index in [0.717, 1.165) is 42.9 Å². The molecule has 1 aromatic heterocycles. The summed E-state index contributed by atoms with van der Waals surface area (Å²) in [4.78, 5) is 15.7. The molecule has 0 spiro atoms. The van der Waals surface area contributed by atoms with Crippen molar-refractivity contribution in [1.82, 2.24) is 15.0 Å². The lowest BCUT2D eigenvalue weighted by atomic mass is 10.2. The summed E-state index contributed by atoms with van der Waals surface area (Å²) in [6.07, 6.45) is 4.00. The molecule has 0 atom stereocenters. The lowest BCUT2D eigenvalue weighted by Crippen LogP contribution is -2.21. The molecule has 8 heteroatoms. The molecule has 4 rings (SSSR count). The highest BCUT2D eigenvalue weighted by molar-refractivity contribution is 5.80. The molecule has 1 fully saturated rings. The number of nitrogens with one attached hydrogen (secondary N) is 2. The molecule has 148 valence electrons. The zero-order valence-electron chi connectivity index (χ0n) is 16.2. The molecule has 1 saturated heterocycles. The van der Waals surface area contributed by atoms with E-state index in [0.29, 0.717) is 17.8 Å². The van der Waals surface area contributed by atoms with Gasteiger partial charge < -0.3 is 15.0 Å². The Labute approximate surface area is 169 Å². The molecule has 1 aliphatic heterocycles. The van der Waals surface area contributed by atoms with E-state index in [4.69, 9.17) is 4.74 Å². The molecule has 29 heavy (non-hydrogen) atoms. The van der Waals surface area contributed by atoms with Crippen LogP contribution in [0.25, 0.3) is 0 Å². The van der Waals surface area contributed by atoms with Crippen LogP contribution in [0.15, 0.2) is 59.7 Å². The van der Waals surface area contributed by atoms with Gasteiger partial charge in [0.2, 0.25) is 17.8 Å². The molecule has 2 N–H and O–H groups in total. The highest BCUT2D eigenvalue weighted by Gasteiger charge is 2.17. The molecule has 1 aliphatic rings. The quantitative estimate of drug-likeness (QED) is 0.471. The number of hydrogen-bond donors (Lipinski definition) is 2. The van der Waals surface area contributed by atoms with Crippen molar-refractivity contribution in [2.45, 2.75) is 12.8 Å². The first-order chi connectivity index (χ1) is 14.3. The minimum absolute atomic E-state index is 0.394. The molecular weight excluding hydrogens is 366 g/mol. The van der Waals surface area contributed by atoms with E-state index >= 15 is 0 Å². The van der Waals surface area contributed by atoms with Crippen LogP contribution in [0.2, 0.25) is 0 Å². The van der Waals surface area contributed by atoms with Crippen molar-refractivity contribution in [3.63, 3.8) is 0 Å². The fraction of sp³-hybridized carbons (Fsp3) is 0.238. The van der Waals surface area contributed by atoms with Crippen LogP contribution in [0.1, 0.15) is 18.4 Å². The fourth-order valence-electron chi connectivity index (χ4n) is 3.03. The number of ether oxygens (including phenoxy) is 1. The predicted molar refractivity (Wildman–Crippen MR) is 115 cm³/mol. The van der Waals surface area contributed by atoms with Crippen LogP contribution in [0.5, 0.6) is 5.75 Å². The standard InChI is InChI=1S/C21H23N7O/c1-29-18-11-9-16(10-12-18)15-22-27-20-24-19(23-17-7-3-2-4-8-17)25-21(26-20)28-13-5-6-14-28/h2-4,7-12,15H,5-6,13-14H2,1H3,(H2,23,24,25,26,27). The van der Waals surface area contributed by atoms with Crippen molar-refractivity contribution in [2.24, 2.45) is 5.10 Å². The van der Waals surface area contributed by atoms with Crippen molar-refractivity contribution in [2.75, 3.05) is 35.8 Å². The highest BCUT2D eigenvalue weighted by atomic mass is 16.5. The van der Waals surface area contributed by atoms with Crippen molar-refractivity contribution < 1.29 is 4.74 Å². The molecule has 3 aromatic rings. The summed E-state index contributed by atoms with van der Waals surface area (Å²) < 4.78 is 5.17. The summed E-state index contributed by atoms with van der Waals surface area (Å²) in [6.45, 7) is 1.90. The van der Waals surface area contributed by atoms with E-state index in [9.17, 15) is 0 Å². The van der Waals surface area contributed by atoms with E-state index in [-0.39, 0.29) is 0 Å². The number of benzene rings is 2. The Morgan fingerprint density at radius 3 is 2.38 bits per heavy atom. The molecule has 0 radical (unpaired) electrons. The Morgan fingerprint density at radius 2 is 1.66 bits per heavy atom. The maximum Gasteiger partial charge on any atom is 0.250 e. The number of nitrogens with zero attached hydrogens (tertiary/aromatic N) is 5. The summed E-state index contributed by atoms with van der Waals surface area (Å²) in [5.41, 5.74) is 4.78. The zero-order valence-corrected chi connectivity index (χ0v) is 16.2. The van der Waals surface area contributed by atoms with Gasteiger partial charge in [0.1, 0.15) is 5.75 Å². The van der Waals surface area contributed by atoms with E-state index in [1.54, 1.807) is 13.3 Å². The van der Waals surface area contributed by atoms with Crippen LogP contribution in [0, 0.1) is 0 Å². The minimum atomic E-state index is 0.394. The maximum atomic E-state index is 5.17. The second kappa shape index (κ2) is 9.01. The van der Waals surface area contributed by atoms with Crippen LogP contribution < -0.4 is 20.4 Å². The highest BCUT2D eigenvalue weighted by Crippen LogP contribution is 2.20. The molecule has 0 amide bonds. The van der Waals surface area contributed by atoms with Gasteiger partial charge in [-0.3, -0.25) is 0 Å². The lowest BCUT2D eigenvalue weighted by Gasteiger charge is -2.16. The topological polar surface area (TPSA) is 87.6 Å². The zero-order chi connectivity index (χ0) is 19.9. The molecule has 8 nitrogen and oxygen atoms in total. The maximum absolute atomic E-state index is 5.17. The van der Waals surface area contributed by atoms with Gasteiger partial charge in [-0.15, -0.1) is 0 Å². The Kier molecular flexibility index (Phi) is 5.80. The predicted octanol–water partition coefficient (Wildman–Crippen LogP) is 3.67. The Morgan fingerprint density at radius 1 is 0.931 bits per heavy atom. The van der Waals surface area contributed by atoms with Gasteiger partial charge >= 0.3 is 0 Å². The first kappa shape index (κ1) is 18.7. The normalized spacial score (nSPS) is 13.6. The van der Waals surface area contributed by atoms with E-state index in [2.05, 4.69) is 35.7 Å². The third kappa shape index (κ3) is 4.98. The van der Waals surface area contributed by atoms with E-state index in [1.165, 1.54) is 0 Å². The Bertz CT molecular complexity index is 955. The number of anilines is 4. The van der Waals surface area contributed by atoms with E-state index < -0.39 is 0 Å². The molecule has 0 saturated carbocycles. The molecule has 0 bridgehead atoms. The largest absolute Gasteiger partial charge is 0.497 e. The number of hydrogen-bond acceptors (Lipinski definition) is 8. The van der Waals surface area contributed by atoms with Crippen LogP contribution in [-0.4, -0.2) is 41.4 Å². The minimum Gasteiger partial charge on any atom is -0.497 e. The van der Waals surface area contributed by atoms with Gasteiger partial charge in [0, 0.05) is 18.8 Å². The second-order valence-corrected chi connectivity index (χ2v) is 6.61. The summed E-state index contributed by atoms with van der Waals surface area (Å²) >= 11 is 0. The van der Waals surface area contributed by atoms with Crippen LogP contribution >= 0.6 is 0 Å². The van der Waals surface area contributed by atoms with E-state index in [1.807, 2.05) is 54.6 Å². The van der Waals surface area contributed by atoms with Gasteiger partial charge in [0.15, 0.2) is 0 Å². The molecule has 0 aliphatic carbocycles. The molecular formula is C21H23N7O. The first-order valence-electron chi connectivity index (χ1n) is 9.56. The average Bonchev–Trinajstić information content (AvgIpc) is 3.30. The summed E-state index contributed by atoms with van der Waals surface area (Å²) in [7, 11) is 1.64. The van der Waals surface area contributed by atoms with Crippen molar-refractivity contribution in [3.05, 3.63) is 60.2 Å². The van der Waals surface area contributed by atoms with Crippen molar-refractivity contribution in [1.29, 1.82) is 0 Å². The third-order valence-corrected chi connectivity index (χ3v) is 4.54. The number of methoxy groups -OCH3 is 1. The number of aromatic nitrogens is 3. The first-order valence-corrected chi connectivity index (χ1v) is 9.56. The van der Waals surface area contributed by atoms with Gasteiger partial charge in [-0.2, -0.15) is 20.1 Å². The van der Waals surface area contributed by atoms with Gasteiger partial charge in [0.05, 0.1) is 13.3 Å². The number of hydrazone groups is 1. The van der Waals surface area contributed by atoms with Crippen LogP contribution in [0.4, 0.5) is 23.5 Å². The average molecular weight is 389 g/mol. The van der Waals surface area contributed by atoms with Gasteiger partial charge in [-0.05, 0) is 54.8 Å². The lowest BCUT2D eigenvalue weighted by molar-refractivity contribution is 0.415. The second-order valence-electron chi connectivity index (χ2n) is 6.61. The molecule has 2 heterocycles. The van der Waals surface area contributed by atoms with Gasteiger partial charge in [0.25, 0.3) is 0 Å². The SMILES string of the molecule is COc1ccc(C=NNc2nc(Nc3ccccc3)nc(N3CCCC3)n2)cc1. The Balaban J connectivity index is 1.53. The summed E-state index contributed by atoms with van der Waals surface area (Å²) in [6, 6.07) is 17.4. The van der Waals surface area contributed by atoms with Crippen LogP contribution in [0.3, 0.4) is 0 Å². The van der Waals surface area contributed by atoms with Gasteiger partial charge in [-0.25, -0.2) is 5.43 Å². The van der Waals surface area contributed by atoms with Crippen LogP contribution in [-0.2, 0) is 0 Å².